The highest BCUT2D eigenvalue weighted by molar-refractivity contribution is 6.31. The second kappa shape index (κ2) is 3.51. The number of fused-ring (bicyclic) bond motifs is 1. The van der Waals surface area contributed by atoms with Gasteiger partial charge in [-0.25, -0.2) is 0 Å². The predicted molar refractivity (Wildman–Crippen MR) is 62.5 cm³/mol. The van der Waals surface area contributed by atoms with Gasteiger partial charge in [-0.05, 0) is 25.1 Å². The lowest BCUT2D eigenvalue weighted by molar-refractivity contribution is 1.24. The molecule has 0 radical (unpaired) electrons. The summed E-state index contributed by atoms with van der Waals surface area (Å²) >= 11 is 5.88. The molecule has 0 aliphatic heterocycles. The van der Waals surface area contributed by atoms with Gasteiger partial charge in [-0.15, -0.1) is 0 Å². The van der Waals surface area contributed by atoms with E-state index in [-0.39, 0.29) is 5.84 Å². The van der Waals surface area contributed by atoms with Gasteiger partial charge in [0.1, 0.15) is 5.84 Å². The highest BCUT2D eigenvalue weighted by Gasteiger charge is 2.06. The van der Waals surface area contributed by atoms with Crippen LogP contribution in [0.25, 0.3) is 10.9 Å². The fraction of sp³-hybridized carbons (Fsp3) is 0.0909. The molecule has 0 atom stereocenters. The quantitative estimate of drug-likeness (QED) is 0.572. The Hall–Kier alpha value is -1.61. The van der Waals surface area contributed by atoms with E-state index in [0.29, 0.717) is 10.6 Å². The molecule has 3 N–H and O–H groups in total. The van der Waals surface area contributed by atoms with Crippen LogP contribution in [0.4, 0.5) is 0 Å². The zero-order valence-corrected chi connectivity index (χ0v) is 8.97. The molecule has 0 bridgehead atoms. The van der Waals surface area contributed by atoms with E-state index in [9.17, 15) is 0 Å². The van der Waals surface area contributed by atoms with E-state index in [1.807, 2.05) is 13.0 Å². The van der Waals surface area contributed by atoms with Crippen molar-refractivity contribution < 1.29 is 0 Å². The maximum atomic E-state index is 7.48. The Morgan fingerprint density at radius 3 is 2.80 bits per heavy atom. The number of nitrogens with one attached hydrogen (secondary N) is 1. The van der Waals surface area contributed by atoms with Crippen LogP contribution in [0.2, 0.25) is 5.02 Å². The summed E-state index contributed by atoms with van der Waals surface area (Å²) < 4.78 is 0. The minimum absolute atomic E-state index is 0.0489. The Morgan fingerprint density at radius 1 is 1.40 bits per heavy atom. The molecule has 3 nitrogen and oxygen atoms in total. The standard InChI is InChI=1S/C11H10ClN3/c1-6-4-9(11(13)14)8-3-2-7(12)5-10(8)15-6/h2-5H,1H3,(H3,13,14). The average Bonchev–Trinajstić information content (AvgIpc) is 2.15. The van der Waals surface area contributed by atoms with Crippen LogP contribution in [-0.4, -0.2) is 10.8 Å². The highest BCUT2D eigenvalue weighted by Crippen LogP contribution is 2.21. The molecule has 76 valence electrons. The van der Waals surface area contributed by atoms with Crippen LogP contribution >= 0.6 is 11.6 Å². The van der Waals surface area contributed by atoms with Crippen molar-refractivity contribution >= 4 is 28.3 Å². The second-order valence-corrected chi connectivity index (χ2v) is 3.82. The minimum atomic E-state index is 0.0489. The Bertz CT molecular complexity index is 544. The van der Waals surface area contributed by atoms with Crippen LogP contribution in [0.3, 0.4) is 0 Å². The first-order chi connectivity index (χ1) is 7.08. The number of nitrogen functional groups attached to an aromatic ring is 1. The van der Waals surface area contributed by atoms with Gasteiger partial charge < -0.3 is 5.73 Å². The summed E-state index contributed by atoms with van der Waals surface area (Å²) in [5, 5.41) is 8.98. The first kappa shape index (κ1) is 9.93. The van der Waals surface area contributed by atoms with Gasteiger partial charge in [0, 0.05) is 21.7 Å². The number of nitrogens with zero attached hydrogens (tertiary/aromatic N) is 1. The first-order valence-electron chi connectivity index (χ1n) is 4.49. The Labute approximate surface area is 92.4 Å². The zero-order valence-electron chi connectivity index (χ0n) is 8.21. The lowest BCUT2D eigenvalue weighted by Gasteiger charge is -2.06. The van der Waals surface area contributed by atoms with Crippen molar-refractivity contribution in [1.82, 2.24) is 4.98 Å². The maximum Gasteiger partial charge on any atom is 0.123 e. The van der Waals surface area contributed by atoms with E-state index in [0.717, 1.165) is 16.6 Å². The van der Waals surface area contributed by atoms with E-state index >= 15 is 0 Å². The molecule has 1 aromatic carbocycles. The third kappa shape index (κ3) is 1.78. The van der Waals surface area contributed by atoms with E-state index in [1.54, 1.807) is 18.2 Å². The third-order valence-electron chi connectivity index (χ3n) is 2.19. The molecule has 2 rings (SSSR count). The normalized spacial score (nSPS) is 10.5. The number of nitrogens with two attached hydrogens (primary N) is 1. The molecule has 0 spiro atoms. The van der Waals surface area contributed by atoms with Gasteiger partial charge in [-0.3, -0.25) is 10.4 Å². The molecular weight excluding hydrogens is 210 g/mol. The SMILES string of the molecule is Cc1cc(C(=N)N)c2ccc(Cl)cc2n1. The van der Waals surface area contributed by atoms with Crippen LogP contribution in [0.1, 0.15) is 11.3 Å². The van der Waals surface area contributed by atoms with E-state index in [1.165, 1.54) is 0 Å². The topological polar surface area (TPSA) is 62.8 Å². The van der Waals surface area contributed by atoms with Gasteiger partial charge >= 0.3 is 0 Å². The van der Waals surface area contributed by atoms with Crippen LogP contribution in [0, 0.1) is 12.3 Å². The lowest BCUT2D eigenvalue weighted by atomic mass is 10.1. The molecule has 2 aromatic rings. The number of aryl methyl sites for hydroxylation is 1. The molecule has 4 heteroatoms. The Balaban J connectivity index is 2.86. The second-order valence-electron chi connectivity index (χ2n) is 3.39. The van der Waals surface area contributed by atoms with Gasteiger partial charge in [0.05, 0.1) is 5.52 Å². The third-order valence-corrected chi connectivity index (χ3v) is 2.43. The maximum absolute atomic E-state index is 7.48. The number of benzene rings is 1. The summed E-state index contributed by atoms with van der Waals surface area (Å²) in [5.41, 5.74) is 7.81. The van der Waals surface area contributed by atoms with E-state index in [4.69, 9.17) is 22.7 Å². The molecule has 0 saturated heterocycles. The van der Waals surface area contributed by atoms with Gasteiger partial charge in [0.2, 0.25) is 0 Å². The average molecular weight is 220 g/mol. The summed E-state index contributed by atoms with van der Waals surface area (Å²) in [7, 11) is 0. The molecule has 1 aromatic heterocycles. The number of pyridine rings is 1. The molecule has 0 saturated carbocycles. The molecule has 0 aliphatic carbocycles. The molecule has 0 aliphatic rings. The molecule has 0 unspecified atom stereocenters. The van der Waals surface area contributed by atoms with Crippen LogP contribution < -0.4 is 5.73 Å². The number of amidine groups is 1. The van der Waals surface area contributed by atoms with Crippen LogP contribution in [0.5, 0.6) is 0 Å². The summed E-state index contributed by atoms with van der Waals surface area (Å²) in [6.45, 7) is 1.87. The molecule has 15 heavy (non-hydrogen) atoms. The first-order valence-corrected chi connectivity index (χ1v) is 4.87. The van der Waals surface area contributed by atoms with Gasteiger partial charge in [0.25, 0.3) is 0 Å². The van der Waals surface area contributed by atoms with Crippen molar-refractivity contribution in [2.75, 3.05) is 0 Å². The fourth-order valence-electron chi connectivity index (χ4n) is 1.56. The molecule has 0 fully saturated rings. The number of hydrogen-bond acceptors (Lipinski definition) is 2. The summed E-state index contributed by atoms with van der Waals surface area (Å²) in [6, 6.07) is 7.18. The highest BCUT2D eigenvalue weighted by atomic mass is 35.5. The number of rotatable bonds is 1. The Morgan fingerprint density at radius 2 is 2.13 bits per heavy atom. The van der Waals surface area contributed by atoms with Crippen LogP contribution in [0.15, 0.2) is 24.3 Å². The fourth-order valence-corrected chi connectivity index (χ4v) is 1.72. The van der Waals surface area contributed by atoms with Crippen molar-refractivity contribution in [3.8, 4) is 0 Å². The van der Waals surface area contributed by atoms with Gasteiger partial charge in [-0.1, -0.05) is 17.7 Å². The Kier molecular flexibility index (Phi) is 2.32. The minimum Gasteiger partial charge on any atom is -0.384 e. The van der Waals surface area contributed by atoms with Gasteiger partial charge in [-0.2, -0.15) is 0 Å². The predicted octanol–water partition coefficient (Wildman–Crippen LogP) is 2.48. The lowest BCUT2D eigenvalue weighted by Crippen LogP contribution is -2.12. The number of hydrogen-bond donors (Lipinski definition) is 2. The van der Waals surface area contributed by atoms with E-state index < -0.39 is 0 Å². The number of halogens is 1. The molecule has 1 heterocycles. The van der Waals surface area contributed by atoms with Crippen molar-refractivity contribution in [3.63, 3.8) is 0 Å². The molecular formula is C11H10ClN3. The van der Waals surface area contributed by atoms with E-state index in [2.05, 4.69) is 4.98 Å². The van der Waals surface area contributed by atoms with Crippen molar-refractivity contribution in [2.24, 2.45) is 5.73 Å². The van der Waals surface area contributed by atoms with Crippen molar-refractivity contribution in [3.05, 3.63) is 40.5 Å². The smallest absolute Gasteiger partial charge is 0.123 e. The number of aromatic nitrogens is 1. The summed E-state index contributed by atoms with van der Waals surface area (Å²) in [4.78, 5) is 4.34. The molecule has 0 amide bonds. The van der Waals surface area contributed by atoms with Gasteiger partial charge in [0.15, 0.2) is 0 Å². The van der Waals surface area contributed by atoms with Crippen LogP contribution in [-0.2, 0) is 0 Å². The van der Waals surface area contributed by atoms with Crippen molar-refractivity contribution in [1.29, 1.82) is 5.41 Å². The summed E-state index contributed by atoms with van der Waals surface area (Å²) in [6.07, 6.45) is 0. The largest absolute Gasteiger partial charge is 0.384 e. The zero-order chi connectivity index (χ0) is 11.0. The monoisotopic (exact) mass is 219 g/mol. The summed E-state index contributed by atoms with van der Waals surface area (Å²) in [5.74, 6) is 0.0489. The van der Waals surface area contributed by atoms with Crippen molar-refractivity contribution in [2.45, 2.75) is 6.92 Å².